The topological polar surface area (TPSA) is 62.3 Å². The maximum Gasteiger partial charge on any atom is 0.257 e. The van der Waals surface area contributed by atoms with Crippen LogP contribution in [0.1, 0.15) is 39.7 Å². The minimum Gasteiger partial charge on any atom is -0.493 e. The molecule has 39 heavy (non-hydrogen) atoms. The maximum absolute atomic E-state index is 14.6. The monoisotopic (exact) mass is 551 g/mol. The number of halogens is 1. The molecule has 3 aromatic rings. The van der Waals surface area contributed by atoms with Crippen LogP contribution < -0.4 is 9.47 Å². The molecule has 2 aliphatic heterocycles. The molecule has 0 N–H and O–H groups in total. The number of hydrogen-bond donors (Lipinski definition) is 0. The van der Waals surface area contributed by atoms with Gasteiger partial charge in [-0.2, -0.15) is 0 Å². The summed E-state index contributed by atoms with van der Waals surface area (Å²) in [4.78, 5) is 34.1. The minimum atomic E-state index is -0.579. The van der Waals surface area contributed by atoms with Crippen molar-refractivity contribution in [1.29, 1.82) is 0 Å². The van der Waals surface area contributed by atoms with Gasteiger partial charge in [-0.15, -0.1) is 11.3 Å². The van der Waals surface area contributed by atoms with Crippen LogP contribution in [0.2, 0.25) is 0 Å². The number of amides is 2. The number of hydrogen-bond acceptors (Lipinski definition) is 6. The molecule has 0 radical (unpaired) electrons. The van der Waals surface area contributed by atoms with Gasteiger partial charge in [0.05, 0.1) is 18.7 Å². The average molecular weight is 552 g/mol. The van der Waals surface area contributed by atoms with E-state index in [0.717, 1.165) is 37.9 Å². The zero-order chi connectivity index (χ0) is 27.2. The normalized spacial score (nSPS) is 17.1. The van der Waals surface area contributed by atoms with Crippen LogP contribution in [-0.2, 0) is 11.2 Å². The van der Waals surface area contributed by atoms with Crippen molar-refractivity contribution in [3.63, 3.8) is 0 Å². The van der Waals surface area contributed by atoms with Crippen molar-refractivity contribution in [2.45, 2.75) is 25.3 Å². The summed E-state index contributed by atoms with van der Waals surface area (Å²) in [6.07, 6.45) is 3.01. The Kier molecular flexibility index (Phi) is 8.78. The van der Waals surface area contributed by atoms with Crippen molar-refractivity contribution >= 4 is 23.2 Å². The third-order valence-electron chi connectivity index (χ3n) is 7.48. The number of carbonyl (C=O) groups is 2. The molecule has 1 fully saturated rings. The first-order valence-corrected chi connectivity index (χ1v) is 14.3. The van der Waals surface area contributed by atoms with E-state index in [1.54, 1.807) is 30.6 Å². The lowest BCUT2D eigenvalue weighted by atomic mass is 10.0. The number of para-hydroxylation sites is 2. The van der Waals surface area contributed by atoms with Gasteiger partial charge in [-0.1, -0.05) is 24.3 Å². The van der Waals surface area contributed by atoms with Gasteiger partial charge in [-0.05, 0) is 73.6 Å². The van der Waals surface area contributed by atoms with Gasteiger partial charge in [-0.25, -0.2) is 4.39 Å². The highest BCUT2D eigenvalue weighted by Gasteiger charge is 2.34. The van der Waals surface area contributed by atoms with Gasteiger partial charge in [-0.3, -0.25) is 9.59 Å². The summed E-state index contributed by atoms with van der Waals surface area (Å²) in [7, 11) is 1.60. The van der Waals surface area contributed by atoms with Gasteiger partial charge in [0.2, 0.25) is 5.91 Å². The van der Waals surface area contributed by atoms with Crippen molar-refractivity contribution in [3.05, 3.63) is 81.8 Å². The molecule has 206 valence electrons. The number of methoxy groups -OCH3 is 1. The highest BCUT2D eigenvalue weighted by Crippen LogP contribution is 2.35. The standard InChI is InChI=1S/C30H34FN3O4S/c1-37-26-10-4-5-11-27(26)38-21-25-23-13-19-39-28(23)12-16-34(25)29(35)20-33(18-17-32-14-6-7-15-32)30(36)22-8-2-3-9-24(22)31/h2-5,8-11,13,19,25H,6-7,12,14-18,20-21H2,1H3. The highest BCUT2D eigenvalue weighted by molar-refractivity contribution is 7.10. The van der Waals surface area contributed by atoms with E-state index >= 15 is 0 Å². The Bertz CT molecular complexity index is 1290. The van der Waals surface area contributed by atoms with Crippen LogP contribution in [-0.4, -0.2) is 79.5 Å². The largest absolute Gasteiger partial charge is 0.493 e. The predicted octanol–water partition coefficient (Wildman–Crippen LogP) is 4.64. The van der Waals surface area contributed by atoms with Gasteiger partial charge in [0, 0.05) is 24.5 Å². The molecule has 3 heterocycles. The molecule has 0 bridgehead atoms. The van der Waals surface area contributed by atoms with Crippen molar-refractivity contribution < 1.29 is 23.5 Å². The number of fused-ring (bicyclic) bond motifs is 1. The third-order valence-corrected chi connectivity index (χ3v) is 8.48. The number of thiophene rings is 1. The van der Waals surface area contributed by atoms with E-state index in [1.165, 1.54) is 21.9 Å². The van der Waals surface area contributed by atoms with Gasteiger partial charge < -0.3 is 24.2 Å². The Morgan fingerprint density at radius 3 is 2.54 bits per heavy atom. The Balaban J connectivity index is 1.35. The zero-order valence-corrected chi connectivity index (χ0v) is 23.0. The van der Waals surface area contributed by atoms with E-state index in [0.29, 0.717) is 31.1 Å². The van der Waals surface area contributed by atoms with Crippen LogP contribution in [0.5, 0.6) is 11.5 Å². The summed E-state index contributed by atoms with van der Waals surface area (Å²) >= 11 is 1.68. The molecule has 1 aromatic heterocycles. The molecule has 7 nitrogen and oxygen atoms in total. The van der Waals surface area contributed by atoms with E-state index < -0.39 is 11.7 Å². The Morgan fingerprint density at radius 1 is 1.03 bits per heavy atom. The number of likely N-dealkylation sites (tertiary alicyclic amines) is 1. The zero-order valence-electron chi connectivity index (χ0n) is 22.2. The average Bonchev–Trinajstić information content (AvgIpc) is 3.66. The molecule has 0 aliphatic carbocycles. The Labute approximate surface area is 232 Å². The van der Waals surface area contributed by atoms with E-state index in [9.17, 15) is 14.0 Å². The van der Waals surface area contributed by atoms with E-state index in [-0.39, 0.29) is 30.7 Å². The first kappa shape index (κ1) is 27.1. The molecule has 1 atom stereocenters. The van der Waals surface area contributed by atoms with Crippen molar-refractivity contribution in [2.24, 2.45) is 0 Å². The highest BCUT2D eigenvalue weighted by atomic mass is 32.1. The molecule has 5 rings (SSSR count). The van der Waals surface area contributed by atoms with Gasteiger partial charge in [0.1, 0.15) is 19.0 Å². The molecule has 2 aromatic carbocycles. The summed E-state index contributed by atoms with van der Waals surface area (Å²) < 4.78 is 26.2. The maximum atomic E-state index is 14.6. The second-order valence-electron chi connectivity index (χ2n) is 9.87. The van der Waals surface area contributed by atoms with Crippen LogP contribution in [0.3, 0.4) is 0 Å². The van der Waals surface area contributed by atoms with Crippen LogP contribution >= 0.6 is 11.3 Å². The summed E-state index contributed by atoms with van der Waals surface area (Å²) in [5.74, 6) is 0.0180. The van der Waals surface area contributed by atoms with Crippen LogP contribution in [0.25, 0.3) is 0 Å². The quantitative estimate of drug-likeness (QED) is 0.368. The lowest BCUT2D eigenvalue weighted by Gasteiger charge is -2.37. The second-order valence-corrected chi connectivity index (χ2v) is 10.9. The number of ether oxygens (including phenoxy) is 2. The number of nitrogens with zero attached hydrogens (tertiary/aromatic N) is 3. The van der Waals surface area contributed by atoms with Crippen molar-refractivity contribution in [1.82, 2.24) is 14.7 Å². The van der Waals surface area contributed by atoms with E-state index in [4.69, 9.17) is 9.47 Å². The molecule has 0 saturated carbocycles. The van der Waals surface area contributed by atoms with Crippen molar-refractivity contribution in [3.8, 4) is 11.5 Å². The number of benzene rings is 2. The smallest absolute Gasteiger partial charge is 0.257 e. The minimum absolute atomic E-state index is 0.0125. The van der Waals surface area contributed by atoms with Crippen LogP contribution in [0.15, 0.2) is 60.0 Å². The lowest BCUT2D eigenvalue weighted by molar-refractivity contribution is -0.135. The molecular weight excluding hydrogens is 517 g/mol. The lowest BCUT2D eigenvalue weighted by Crippen LogP contribution is -2.49. The molecule has 2 amide bonds. The van der Waals surface area contributed by atoms with Crippen LogP contribution in [0, 0.1) is 5.82 Å². The number of rotatable bonds is 10. The fourth-order valence-electron chi connectivity index (χ4n) is 5.36. The predicted molar refractivity (Wildman–Crippen MR) is 149 cm³/mol. The number of carbonyl (C=O) groups excluding carboxylic acids is 2. The second kappa shape index (κ2) is 12.6. The van der Waals surface area contributed by atoms with Crippen LogP contribution in [0.4, 0.5) is 4.39 Å². The van der Waals surface area contributed by atoms with Gasteiger partial charge >= 0.3 is 0 Å². The SMILES string of the molecule is COc1ccccc1OCC1c2ccsc2CCN1C(=O)CN(CCN1CCCC1)C(=O)c1ccccc1F. The molecule has 9 heteroatoms. The van der Waals surface area contributed by atoms with E-state index in [1.807, 2.05) is 40.6 Å². The first-order chi connectivity index (χ1) is 19.0. The molecule has 1 saturated heterocycles. The molecule has 1 unspecified atom stereocenters. The van der Waals surface area contributed by atoms with Gasteiger partial charge in [0.15, 0.2) is 11.5 Å². The van der Waals surface area contributed by atoms with Crippen molar-refractivity contribution in [2.75, 3.05) is 53.0 Å². The summed E-state index contributed by atoms with van der Waals surface area (Å²) in [6.45, 7) is 3.63. The Hall–Kier alpha value is -3.43. The summed E-state index contributed by atoms with van der Waals surface area (Å²) in [5.41, 5.74) is 1.06. The van der Waals surface area contributed by atoms with Gasteiger partial charge in [0.25, 0.3) is 5.91 Å². The fraction of sp³-hybridized carbons (Fsp3) is 0.400. The summed E-state index contributed by atoms with van der Waals surface area (Å²) in [5, 5.41) is 2.04. The Morgan fingerprint density at radius 2 is 1.77 bits per heavy atom. The molecule has 2 aliphatic rings. The first-order valence-electron chi connectivity index (χ1n) is 13.4. The molecular formula is C30H34FN3O4S. The molecule has 0 spiro atoms. The summed E-state index contributed by atoms with van der Waals surface area (Å²) in [6, 6.07) is 15.1. The van der Waals surface area contributed by atoms with E-state index in [2.05, 4.69) is 4.90 Å². The third kappa shape index (κ3) is 6.25. The fourth-order valence-corrected chi connectivity index (χ4v) is 6.29.